The van der Waals surface area contributed by atoms with Crippen LogP contribution in [0.1, 0.15) is 13.3 Å². The maximum Gasteiger partial charge on any atom is 0.231 e. The summed E-state index contributed by atoms with van der Waals surface area (Å²) in [5, 5.41) is 0. The highest BCUT2D eigenvalue weighted by Crippen LogP contribution is 2.21. The molecule has 1 fully saturated rings. The summed E-state index contributed by atoms with van der Waals surface area (Å²) < 4.78 is 26.1. The van der Waals surface area contributed by atoms with Gasteiger partial charge in [-0.05, 0) is 6.92 Å². The largest absolute Gasteiger partial charge is 0.366 e. The molecule has 1 aliphatic heterocycles. The van der Waals surface area contributed by atoms with Gasteiger partial charge in [0.2, 0.25) is 11.3 Å². The van der Waals surface area contributed by atoms with E-state index in [1.807, 2.05) is 0 Å². The number of ether oxygens (including phenoxy) is 1. The molecule has 0 amide bonds. The Balaban J connectivity index is 2.40. The Morgan fingerprint density at radius 2 is 2.50 bits per heavy atom. The smallest absolute Gasteiger partial charge is 0.231 e. The van der Waals surface area contributed by atoms with E-state index < -0.39 is 16.9 Å². The lowest BCUT2D eigenvalue weighted by atomic mass is 10.0. The van der Waals surface area contributed by atoms with E-state index in [0.717, 1.165) is 0 Å². The lowest BCUT2D eigenvalue weighted by Gasteiger charge is -2.20. The first-order valence-corrected chi connectivity index (χ1v) is 4.62. The van der Waals surface area contributed by atoms with Gasteiger partial charge < -0.3 is 4.74 Å². The Morgan fingerprint density at radius 3 is 2.92 bits per heavy atom. The van der Waals surface area contributed by atoms with E-state index in [9.17, 15) is 9.00 Å². The molecule has 0 aromatic carbocycles. The predicted molar refractivity (Wildman–Crippen MR) is 42.8 cm³/mol. The van der Waals surface area contributed by atoms with Gasteiger partial charge in [-0.25, -0.2) is 8.93 Å². The average Bonchev–Trinajstić information content (AvgIpc) is 2.29. The van der Waals surface area contributed by atoms with Gasteiger partial charge in [-0.1, -0.05) is 0 Å². The highest BCUT2D eigenvalue weighted by atomic mass is 32.2. The number of Topliss-reactive ketones (excluding diaryl/α,β-unsaturated/α-hetero) is 1. The molecule has 0 bridgehead atoms. The van der Waals surface area contributed by atoms with E-state index in [4.69, 9.17) is 9.29 Å². The van der Waals surface area contributed by atoms with Crippen LogP contribution in [0.2, 0.25) is 0 Å². The fraction of sp³-hybridized carbons (Fsp3) is 0.833. The zero-order valence-electron chi connectivity index (χ0n) is 6.70. The number of hydrogen-bond donors (Lipinski definition) is 2. The zero-order valence-corrected chi connectivity index (χ0v) is 7.52. The first-order chi connectivity index (χ1) is 5.52. The quantitative estimate of drug-likeness (QED) is 0.590. The van der Waals surface area contributed by atoms with Crippen LogP contribution < -0.4 is 4.72 Å². The first kappa shape index (κ1) is 9.79. The van der Waals surface area contributed by atoms with Crippen LogP contribution in [-0.2, 0) is 20.8 Å². The van der Waals surface area contributed by atoms with Gasteiger partial charge >= 0.3 is 0 Å². The molecule has 0 aromatic heterocycles. The van der Waals surface area contributed by atoms with Crippen molar-refractivity contribution in [2.45, 2.75) is 18.9 Å². The van der Waals surface area contributed by atoms with Gasteiger partial charge in [-0.2, -0.15) is 0 Å². The number of hydrogen-bond acceptors (Lipinski definition) is 3. The molecule has 1 rings (SSSR count). The van der Waals surface area contributed by atoms with E-state index >= 15 is 0 Å². The van der Waals surface area contributed by atoms with E-state index in [-0.39, 0.29) is 18.9 Å². The number of rotatable bonds is 3. The molecule has 0 spiro atoms. The van der Waals surface area contributed by atoms with Crippen LogP contribution in [0, 0.1) is 0 Å². The topological polar surface area (TPSA) is 75.6 Å². The molecule has 0 aliphatic carbocycles. The van der Waals surface area contributed by atoms with Gasteiger partial charge in [0.1, 0.15) is 6.61 Å². The summed E-state index contributed by atoms with van der Waals surface area (Å²) in [6.45, 7) is 2.05. The molecule has 0 aromatic rings. The van der Waals surface area contributed by atoms with E-state index in [1.165, 1.54) is 0 Å². The highest BCUT2D eigenvalue weighted by molar-refractivity contribution is 7.77. The second-order valence-corrected chi connectivity index (χ2v) is 3.81. The molecule has 1 heterocycles. The summed E-state index contributed by atoms with van der Waals surface area (Å²) >= 11 is -2.04. The van der Waals surface area contributed by atoms with Crippen molar-refractivity contribution in [1.29, 1.82) is 0 Å². The van der Waals surface area contributed by atoms with Crippen molar-refractivity contribution in [3.63, 3.8) is 0 Å². The van der Waals surface area contributed by atoms with Gasteiger partial charge in [0, 0.05) is 13.0 Å². The van der Waals surface area contributed by atoms with E-state index in [2.05, 4.69) is 4.72 Å². The fourth-order valence-electron chi connectivity index (χ4n) is 1.10. The number of carbonyl (C=O) groups excluding carboxylic acids is 1. The molecule has 70 valence electrons. The Kier molecular flexibility index (Phi) is 2.94. The zero-order chi connectivity index (χ0) is 9.19. The minimum Gasteiger partial charge on any atom is -0.366 e. The molecule has 0 radical (unpaired) electrons. The summed E-state index contributed by atoms with van der Waals surface area (Å²) in [5.74, 6) is 0.0306. The maximum absolute atomic E-state index is 10.8. The van der Waals surface area contributed by atoms with Crippen molar-refractivity contribution in [1.82, 2.24) is 4.72 Å². The van der Waals surface area contributed by atoms with Crippen LogP contribution in [0.3, 0.4) is 0 Å². The summed E-state index contributed by atoms with van der Waals surface area (Å²) in [6.07, 6.45) is 0.303. The van der Waals surface area contributed by atoms with Crippen LogP contribution in [-0.4, -0.2) is 33.3 Å². The second kappa shape index (κ2) is 3.61. The third kappa shape index (κ3) is 2.63. The van der Waals surface area contributed by atoms with Gasteiger partial charge in [-0.15, -0.1) is 0 Å². The van der Waals surface area contributed by atoms with Gasteiger partial charge in [0.05, 0.1) is 5.60 Å². The van der Waals surface area contributed by atoms with Crippen LogP contribution in [0.15, 0.2) is 0 Å². The summed E-state index contributed by atoms with van der Waals surface area (Å²) in [5.41, 5.74) is -0.616. The van der Waals surface area contributed by atoms with Crippen LogP contribution >= 0.6 is 0 Å². The summed E-state index contributed by atoms with van der Waals surface area (Å²) in [4.78, 5) is 10.8. The lowest BCUT2D eigenvalue weighted by molar-refractivity contribution is -0.117. The molecule has 2 atom stereocenters. The Bertz CT molecular complexity index is 220. The molecule has 2 unspecified atom stereocenters. The summed E-state index contributed by atoms with van der Waals surface area (Å²) in [6, 6.07) is 0. The molecule has 12 heavy (non-hydrogen) atoms. The molecular formula is C6H11NO4S. The minimum atomic E-state index is -2.04. The molecular weight excluding hydrogens is 182 g/mol. The Morgan fingerprint density at radius 1 is 1.83 bits per heavy atom. The minimum absolute atomic E-state index is 0.0306. The van der Waals surface area contributed by atoms with Crippen LogP contribution in [0.4, 0.5) is 0 Å². The average molecular weight is 193 g/mol. The van der Waals surface area contributed by atoms with Crippen LogP contribution in [0.25, 0.3) is 0 Å². The maximum atomic E-state index is 10.8. The van der Waals surface area contributed by atoms with Crippen molar-refractivity contribution < 1.29 is 18.3 Å². The molecule has 2 N–H and O–H groups in total. The molecule has 1 saturated heterocycles. The lowest BCUT2D eigenvalue weighted by Crippen LogP contribution is -2.38. The van der Waals surface area contributed by atoms with Crippen LogP contribution in [0.5, 0.6) is 0 Å². The van der Waals surface area contributed by atoms with Gasteiger partial charge in [0.15, 0.2) is 5.78 Å². The number of carbonyl (C=O) groups is 1. The monoisotopic (exact) mass is 193 g/mol. The van der Waals surface area contributed by atoms with E-state index in [0.29, 0.717) is 6.42 Å². The third-order valence-corrected chi connectivity index (χ3v) is 2.11. The second-order valence-electron chi connectivity index (χ2n) is 3.02. The standard InChI is InChI=1S/C6H11NO4S/c1-6(4-7-12(9)10)2-5(8)3-11-6/h7H,2-4H2,1H3,(H,9,10). The SMILES string of the molecule is CC1(CNS(=O)O)CC(=O)CO1. The highest BCUT2D eigenvalue weighted by Gasteiger charge is 2.35. The Hall–Kier alpha value is -0.300. The molecule has 1 aliphatic rings. The van der Waals surface area contributed by atoms with E-state index in [1.54, 1.807) is 6.92 Å². The van der Waals surface area contributed by atoms with Crippen molar-refractivity contribution in [3.8, 4) is 0 Å². The molecule has 6 heteroatoms. The van der Waals surface area contributed by atoms with Gasteiger partial charge in [-0.3, -0.25) is 9.35 Å². The van der Waals surface area contributed by atoms with Crippen molar-refractivity contribution >= 4 is 17.0 Å². The molecule has 0 saturated carbocycles. The predicted octanol–water partition coefficient (Wildman–Crippen LogP) is -0.539. The number of ketones is 1. The third-order valence-electron chi connectivity index (χ3n) is 1.72. The van der Waals surface area contributed by atoms with Crippen molar-refractivity contribution in [2.24, 2.45) is 0 Å². The normalized spacial score (nSPS) is 32.3. The summed E-state index contributed by atoms with van der Waals surface area (Å²) in [7, 11) is 0. The first-order valence-electron chi connectivity index (χ1n) is 3.52. The van der Waals surface area contributed by atoms with Gasteiger partial charge in [0.25, 0.3) is 0 Å². The fourth-order valence-corrected chi connectivity index (χ4v) is 1.53. The van der Waals surface area contributed by atoms with Crippen molar-refractivity contribution in [3.05, 3.63) is 0 Å². The number of nitrogens with one attached hydrogen (secondary N) is 1. The van der Waals surface area contributed by atoms with Crippen molar-refractivity contribution in [2.75, 3.05) is 13.2 Å². The Labute approximate surface area is 72.9 Å². The molecule has 5 nitrogen and oxygen atoms in total.